The van der Waals surface area contributed by atoms with Gasteiger partial charge in [-0.3, -0.25) is 14.4 Å². The van der Waals surface area contributed by atoms with E-state index in [0.29, 0.717) is 33.7 Å². The summed E-state index contributed by atoms with van der Waals surface area (Å²) >= 11 is 8.78. The molecule has 1 N–H and O–H groups in total. The van der Waals surface area contributed by atoms with E-state index in [9.17, 15) is 14.4 Å². The lowest BCUT2D eigenvalue weighted by Gasteiger charge is -2.31. The van der Waals surface area contributed by atoms with Gasteiger partial charge in [0.1, 0.15) is 17.6 Å². The minimum absolute atomic E-state index is 0.230. The van der Waals surface area contributed by atoms with Crippen LogP contribution in [-0.2, 0) is 16.2 Å². The Morgan fingerprint density at radius 1 is 0.947 bits per heavy atom. The molecule has 3 aromatic carbocycles. The van der Waals surface area contributed by atoms with Crippen LogP contribution in [0.5, 0.6) is 5.75 Å². The minimum atomic E-state index is -0.715. The number of fused-ring (bicyclic) bond motifs is 2. The summed E-state index contributed by atoms with van der Waals surface area (Å²) < 4.78 is 6.28. The molecule has 2 amide bonds. The number of nitrogens with zero attached hydrogens (tertiary/aromatic N) is 1. The number of carbonyl (C=O) groups is 2. The lowest BCUT2D eigenvalue weighted by molar-refractivity contribution is -0.122. The first-order valence-corrected chi connectivity index (χ1v) is 14.2. The third kappa shape index (κ3) is 4.36. The van der Waals surface area contributed by atoms with Crippen molar-refractivity contribution < 1.29 is 14.3 Å². The van der Waals surface area contributed by atoms with E-state index in [0.717, 1.165) is 32.9 Å². The molecule has 9 heteroatoms. The number of rotatable bonds is 5. The highest BCUT2D eigenvalue weighted by Gasteiger charge is 2.56. The molecule has 1 saturated heterocycles. The number of carbonyl (C=O) groups excluding carboxylic acids is 2. The molecule has 0 bridgehead atoms. The predicted molar refractivity (Wildman–Crippen MR) is 151 cm³/mol. The Kier molecular flexibility index (Phi) is 6.42. The Morgan fingerprint density at radius 3 is 2.50 bits per heavy atom. The first-order chi connectivity index (χ1) is 18.3. The molecule has 1 aromatic heterocycles. The maximum absolute atomic E-state index is 14.0. The van der Waals surface area contributed by atoms with Crippen molar-refractivity contribution in [1.82, 2.24) is 4.98 Å². The molecule has 4 aromatic rings. The van der Waals surface area contributed by atoms with Gasteiger partial charge in [0, 0.05) is 21.4 Å². The second kappa shape index (κ2) is 9.76. The van der Waals surface area contributed by atoms with Gasteiger partial charge in [0.15, 0.2) is 0 Å². The zero-order valence-corrected chi connectivity index (χ0v) is 23.0. The van der Waals surface area contributed by atoms with Gasteiger partial charge in [0.25, 0.3) is 0 Å². The Balaban J connectivity index is 1.45. The number of anilines is 1. The molecule has 3 atom stereocenters. The Hall–Kier alpha value is -3.33. The van der Waals surface area contributed by atoms with Crippen LogP contribution >= 0.6 is 34.7 Å². The minimum Gasteiger partial charge on any atom is -0.489 e. The van der Waals surface area contributed by atoms with Crippen LogP contribution in [0.3, 0.4) is 0 Å². The van der Waals surface area contributed by atoms with Crippen LogP contribution in [0.2, 0.25) is 5.02 Å². The fourth-order valence-corrected chi connectivity index (χ4v) is 7.84. The standard InChI is InChI=1S/C29H23ClN2O4S2/c1-15-6-9-19(10-7-15)32-27(33)23-22(24-26(31-29(35)38-24)37-25(23)28(32)34)20-13-18(30)8-11-21(20)36-14-17-5-3-4-16(2)12-17/h3-13,22-23,25H,14H2,1-2H3,(H,31,35)/t22-,23?,25?/m1/s1. The molecule has 2 unspecified atom stereocenters. The van der Waals surface area contributed by atoms with E-state index >= 15 is 0 Å². The van der Waals surface area contributed by atoms with Crippen LogP contribution in [0.15, 0.2) is 76.6 Å². The van der Waals surface area contributed by atoms with E-state index in [-0.39, 0.29) is 16.7 Å². The molecule has 0 radical (unpaired) electrons. The van der Waals surface area contributed by atoms with Crippen LogP contribution in [-0.4, -0.2) is 22.0 Å². The van der Waals surface area contributed by atoms with Gasteiger partial charge < -0.3 is 9.72 Å². The van der Waals surface area contributed by atoms with Crippen molar-refractivity contribution in [3.8, 4) is 5.75 Å². The number of hydrogen-bond donors (Lipinski definition) is 1. The van der Waals surface area contributed by atoms with Gasteiger partial charge >= 0.3 is 4.87 Å². The van der Waals surface area contributed by atoms with E-state index in [2.05, 4.69) is 11.1 Å². The fourth-order valence-electron chi connectivity index (χ4n) is 5.16. The molecule has 3 heterocycles. The summed E-state index contributed by atoms with van der Waals surface area (Å²) in [6, 6.07) is 20.7. The number of halogens is 1. The summed E-state index contributed by atoms with van der Waals surface area (Å²) in [7, 11) is 0. The van der Waals surface area contributed by atoms with Gasteiger partial charge in [-0.05, 0) is 49.7 Å². The predicted octanol–water partition coefficient (Wildman–Crippen LogP) is 6.08. The first-order valence-electron chi connectivity index (χ1n) is 12.1. The van der Waals surface area contributed by atoms with Crippen LogP contribution in [0, 0.1) is 19.8 Å². The van der Waals surface area contributed by atoms with E-state index in [4.69, 9.17) is 16.3 Å². The van der Waals surface area contributed by atoms with E-state index in [1.165, 1.54) is 16.7 Å². The average Bonchev–Trinajstić information content (AvgIpc) is 3.38. The quantitative estimate of drug-likeness (QED) is 0.298. The van der Waals surface area contributed by atoms with Crippen molar-refractivity contribution >= 4 is 52.2 Å². The number of ether oxygens (including phenoxy) is 1. The summed E-state index contributed by atoms with van der Waals surface area (Å²) in [4.78, 5) is 44.7. The van der Waals surface area contributed by atoms with Crippen LogP contribution in [0.1, 0.15) is 33.0 Å². The zero-order valence-electron chi connectivity index (χ0n) is 20.6. The number of thioether (sulfide) groups is 1. The SMILES string of the molecule is Cc1ccc(N2C(=O)C3Sc4[nH]c(=O)sc4[C@H](c4cc(Cl)ccc4OCc4cccc(C)c4)C3C2=O)cc1. The number of benzene rings is 3. The Labute approximate surface area is 232 Å². The van der Waals surface area contributed by atoms with Gasteiger partial charge in [0.05, 0.1) is 16.6 Å². The van der Waals surface area contributed by atoms with Crippen LogP contribution in [0.25, 0.3) is 0 Å². The van der Waals surface area contributed by atoms with E-state index in [1.54, 1.807) is 30.3 Å². The molecule has 2 aliphatic heterocycles. The molecule has 0 aliphatic carbocycles. The number of nitrogens with one attached hydrogen (secondary N) is 1. The summed E-state index contributed by atoms with van der Waals surface area (Å²) in [5.74, 6) is -1.31. The number of amides is 2. The van der Waals surface area contributed by atoms with Crippen molar-refractivity contribution in [1.29, 1.82) is 0 Å². The maximum atomic E-state index is 14.0. The summed E-state index contributed by atoms with van der Waals surface area (Å²) in [5, 5.41) is 0.409. The largest absolute Gasteiger partial charge is 0.489 e. The highest BCUT2D eigenvalue weighted by molar-refractivity contribution is 8.00. The molecule has 1 fully saturated rings. The monoisotopic (exact) mass is 562 g/mol. The second-order valence-electron chi connectivity index (χ2n) is 9.56. The smallest absolute Gasteiger partial charge is 0.305 e. The van der Waals surface area contributed by atoms with Gasteiger partial charge in [0.2, 0.25) is 11.8 Å². The molecule has 192 valence electrons. The molecular weight excluding hydrogens is 540 g/mol. The first kappa shape index (κ1) is 25.0. The summed E-state index contributed by atoms with van der Waals surface area (Å²) in [6.45, 7) is 4.30. The fraction of sp³-hybridized carbons (Fsp3) is 0.207. The number of thiazole rings is 1. The van der Waals surface area contributed by atoms with Gasteiger partial charge in [-0.15, -0.1) is 0 Å². The zero-order chi connectivity index (χ0) is 26.6. The lowest BCUT2D eigenvalue weighted by atomic mass is 9.82. The Bertz CT molecular complexity index is 1630. The van der Waals surface area contributed by atoms with Gasteiger partial charge in [-0.1, -0.05) is 82.2 Å². The Morgan fingerprint density at radius 2 is 1.74 bits per heavy atom. The normalized spacial score (nSPS) is 20.4. The number of imide groups is 1. The van der Waals surface area contributed by atoms with Gasteiger partial charge in [-0.25, -0.2) is 4.90 Å². The van der Waals surface area contributed by atoms with Gasteiger partial charge in [-0.2, -0.15) is 0 Å². The second-order valence-corrected chi connectivity index (χ2v) is 12.2. The van der Waals surface area contributed by atoms with Crippen LogP contribution in [0.4, 0.5) is 5.69 Å². The maximum Gasteiger partial charge on any atom is 0.305 e. The molecule has 0 saturated carbocycles. The van der Waals surface area contributed by atoms with E-state index < -0.39 is 17.1 Å². The number of aromatic nitrogens is 1. The van der Waals surface area contributed by atoms with Crippen molar-refractivity contribution in [3.05, 3.63) is 109 Å². The highest BCUT2D eigenvalue weighted by atomic mass is 35.5. The summed E-state index contributed by atoms with van der Waals surface area (Å²) in [6.07, 6.45) is 0. The highest BCUT2D eigenvalue weighted by Crippen LogP contribution is 2.54. The number of aryl methyl sites for hydroxylation is 2. The van der Waals surface area contributed by atoms with Crippen molar-refractivity contribution in [2.45, 2.75) is 36.6 Å². The molecule has 6 nitrogen and oxygen atoms in total. The van der Waals surface area contributed by atoms with Crippen molar-refractivity contribution in [2.24, 2.45) is 5.92 Å². The van der Waals surface area contributed by atoms with E-state index in [1.807, 2.05) is 44.2 Å². The lowest BCUT2D eigenvalue weighted by Crippen LogP contribution is -2.32. The number of hydrogen-bond acceptors (Lipinski definition) is 6. The number of H-pyrrole nitrogens is 1. The molecule has 38 heavy (non-hydrogen) atoms. The summed E-state index contributed by atoms with van der Waals surface area (Å²) in [5.41, 5.74) is 4.39. The van der Waals surface area contributed by atoms with Crippen molar-refractivity contribution in [2.75, 3.05) is 4.90 Å². The third-order valence-electron chi connectivity index (χ3n) is 6.90. The molecule has 6 rings (SSSR count). The van der Waals surface area contributed by atoms with Crippen molar-refractivity contribution in [3.63, 3.8) is 0 Å². The topological polar surface area (TPSA) is 79.5 Å². The molecule has 2 aliphatic rings. The van der Waals surface area contributed by atoms with Crippen LogP contribution < -0.4 is 14.5 Å². The number of aromatic amines is 1. The molecule has 0 spiro atoms. The third-order valence-corrected chi connectivity index (χ3v) is 9.54. The molecular formula is C29H23ClN2O4S2. The average molecular weight is 563 g/mol.